The van der Waals surface area contributed by atoms with Crippen molar-refractivity contribution in [2.24, 2.45) is 0 Å². The van der Waals surface area contributed by atoms with Gasteiger partial charge in [-0.05, 0) is 89.9 Å². The van der Waals surface area contributed by atoms with Gasteiger partial charge in [-0.2, -0.15) is 0 Å². The smallest absolute Gasteiger partial charge is 0.0890 e. The number of nitrogens with zero attached hydrogens (tertiary/aromatic N) is 2. The first kappa shape index (κ1) is 21.2. The van der Waals surface area contributed by atoms with Crippen molar-refractivity contribution in [1.82, 2.24) is 0 Å². The first-order chi connectivity index (χ1) is 13.8. The summed E-state index contributed by atoms with van der Waals surface area (Å²) >= 11 is 0. The number of likely N-dealkylation sites (tertiary alicyclic amines) is 2. The molecule has 2 aliphatic carbocycles. The summed E-state index contributed by atoms with van der Waals surface area (Å²) < 4.78 is 3.09. The molecule has 4 aliphatic rings. The Morgan fingerprint density at radius 2 is 0.714 bits per heavy atom. The first-order valence-electron chi connectivity index (χ1n) is 13.5. The summed E-state index contributed by atoms with van der Waals surface area (Å²) in [5, 5.41) is 0. The molecule has 0 spiro atoms. The molecule has 0 atom stereocenters. The van der Waals surface area contributed by atoms with Crippen molar-refractivity contribution >= 4 is 0 Å². The van der Waals surface area contributed by atoms with Crippen LogP contribution in [-0.2, 0) is 0 Å². The average Bonchev–Trinajstić information content (AvgIpc) is 2.79. The van der Waals surface area contributed by atoms with Crippen LogP contribution in [0.5, 0.6) is 0 Å². The topological polar surface area (TPSA) is 0 Å². The van der Waals surface area contributed by atoms with E-state index in [0.29, 0.717) is 0 Å². The maximum absolute atomic E-state index is 1.55. The van der Waals surface area contributed by atoms with E-state index in [1.165, 1.54) is 129 Å². The standard InChI is InChI=1S/C26H50N2/c1-5-15-25(16-6-1)27(19-9-3-10-20-27)23-13-14-24-28(21-11-4-12-22-28)26-17-7-2-8-18-26/h25-26H,1-24H2/q+2. The number of hydrogen-bond donors (Lipinski definition) is 0. The maximum atomic E-state index is 1.55. The summed E-state index contributed by atoms with van der Waals surface area (Å²) in [7, 11) is 0. The van der Waals surface area contributed by atoms with Crippen LogP contribution < -0.4 is 0 Å². The Morgan fingerprint density at radius 1 is 0.393 bits per heavy atom. The molecule has 4 rings (SSSR count). The van der Waals surface area contributed by atoms with Gasteiger partial charge in [-0.15, -0.1) is 0 Å². The van der Waals surface area contributed by atoms with Crippen molar-refractivity contribution in [1.29, 1.82) is 0 Å². The van der Waals surface area contributed by atoms with E-state index in [2.05, 4.69) is 0 Å². The molecular formula is C26H50N2+2. The Labute approximate surface area is 176 Å². The summed E-state index contributed by atoms with van der Waals surface area (Å²) in [6, 6.07) is 2.07. The fraction of sp³-hybridized carbons (Fsp3) is 1.00. The second-order valence-corrected chi connectivity index (χ2v) is 11.2. The molecule has 0 radical (unpaired) electrons. The van der Waals surface area contributed by atoms with E-state index in [9.17, 15) is 0 Å². The lowest BCUT2D eigenvalue weighted by molar-refractivity contribution is -0.962. The molecule has 0 aromatic heterocycles. The second-order valence-electron chi connectivity index (χ2n) is 11.2. The third-order valence-corrected chi connectivity index (χ3v) is 9.57. The van der Waals surface area contributed by atoms with Crippen LogP contribution in [0.15, 0.2) is 0 Å². The molecule has 0 amide bonds. The van der Waals surface area contributed by atoms with Gasteiger partial charge in [0, 0.05) is 12.8 Å². The van der Waals surface area contributed by atoms with Gasteiger partial charge in [-0.25, -0.2) is 0 Å². The monoisotopic (exact) mass is 390 g/mol. The number of unbranched alkanes of at least 4 members (excludes halogenated alkanes) is 1. The number of hydrogen-bond acceptors (Lipinski definition) is 0. The summed E-state index contributed by atoms with van der Waals surface area (Å²) in [5.41, 5.74) is 0. The van der Waals surface area contributed by atoms with E-state index in [1.807, 2.05) is 0 Å². The minimum absolute atomic E-state index is 1.03. The maximum Gasteiger partial charge on any atom is 0.0890 e. The Hall–Kier alpha value is -0.0800. The molecule has 0 N–H and O–H groups in total. The van der Waals surface area contributed by atoms with Gasteiger partial charge >= 0.3 is 0 Å². The van der Waals surface area contributed by atoms with E-state index in [0.717, 1.165) is 12.1 Å². The molecule has 2 aliphatic heterocycles. The van der Waals surface area contributed by atoms with Crippen LogP contribution in [0.3, 0.4) is 0 Å². The van der Waals surface area contributed by atoms with Gasteiger partial charge in [0.1, 0.15) is 0 Å². The third kappa shape index (κ3) is 4.97. The summed E-state index contributed by atoms with van der Waals surface area (Å²) in [4.78, 5) is 0. The fourth-order valence-electron chi connectivity index (χ4n) is 7.94. The van der Waals surface area contributed by atoms with Gasteiger partial charge in [-0.3, -0.25) is 0 Å². The summed E-state index contributed by atoms with van der Waals surface area (Å²) in [6.45, 7) is 9.13. The van der Waals surface area contributed by atoms with E-state index in [4.69, 9.17) is 0 Å². The Balaban J connectivity index is 1.32. The van der Waals surface area contributed by atoms with Crippen LogP contribution in [0.1, 0.15) is 116 Å². The third-order valence-electron chi connectivity index (χ3n) is 9.57. The summed E-state index contributed by atoms with van der Waals surface area (Å²) in [5.74, 6) is 0. The van der Waals surface area contributed by atoms with Crippen LogP contribution in [0.4, 0.5) is 0 Å². The minimum atomic E-state index is 1.03. The Kier molecular flexibility index (Phi) is 7.78. The van der Waals surface area contributed by atoms with Crippen LogP contribution in [0.25, 0.3) is 0 Å². The zero-order valence-corrected chi connectivity index (χ0v) is 19.0. The molecule has 28 heavy (non-hydrogen) atoms. The highest BCUT2D eigenvalue weighted by Gasteiger charge is 2.40. The molecule has 2 saturated carbocycles. The van der Waals surface area contributed by atoms with Gasteiger partial charge in [0.05, 0.1) is 51.4 Å². The van der Waals surface area contributed by atoms with E-state index in [-0.39, 0.29) is 0 Å². The predicted octanol–water partition coefficient (Wildman–Crippen LogP) is 6.43. The van der Waals surface area contributed by atoms with Crippen molar-refractivity contribution in [2.45, 2.75) is 128 Å². The van der Waals surface area contributed by atoms with Crippen LogP contribution in [0, 0.1) is 0 Å². The number of rotatable bonds is 7. The molecule has 4 fully saturated rings. The largest absolute Gasteiger partial charge is 0.321 e. The molecule has 162 valence electrons. The van der Waals surface area contributed by atoms with Gasteiger partial charge in [0.25, 0.3) is 0 Å². The van der Waals surface area contributed by atoms with Crippen LogP contribution in [-0.4, -0.2) is 60.3 Å². The molecular weight excluding hydrogens is 340 g/mol. The van der Waals surface area contributed by atoms with Crippen molar-refractivity contribution in [2.75, 3.05) is 39.3 Å². The van der Waals surface area contributed by atoms with Crippen molar-refractivity contribution in [3.8, 4) is 0 Å². The van der Waals surface area contributed by atoms with Crippen molar-refractivity contribution in [3.05, 3.63) is 0 Å². The first-order valence-corrected chi connectivity index (χ1v) is 13.5. The van der Waals surface area contributed by atoms with Gasteiger partial charge in [-0.1, -0.05) is 12.8 Å². The number of quaternary nitrogens is 2. The second kappa shape index (κ2) is 10.3. The van der Waals surface area contributed by atoms with Gasteiger partial charge < -0.3 is 8.97 Å². The van der Waals surface area contributed by atoms with Crippen molar-refractivity contribution in [3.63, 3.8) is 0 Å². The van der Waals surface area contributed by atoms with Gasteiger partial charge in [0.2, 0.25) is 0 Å². The lowest BCUT2D eigenvalue weighted by atomic mass is 9.89. The van der Waals surface area contributed by atoms with E-state index >= 15 is 0 Å². The molecule has 2 saturated heterocycles. The van der Waals surface area contributed by atoms with Crippen LogP contribution in [0.2, 0.25) is 0 Å². The number of piperidine rings is 2. The predicted molar refractivity (Wildman–Crippen MR) is 120 cm³/mol. The molecule has 2 heterocycles. The highest BCUT2D eigenvalue weighted by molar-refractivity contribution is 4.72. The molecule has 0 aromatic rings. The molecule has 0 unspecified atom stereocenters. The zero-order valence-electron chi connectivity index (χ0n) is 19.0. The highest BCUT2D eigenvalue weighted by Crippen LogP contribution is 2.35. The molecule has 2 heteroatoms. The Morgan fingerprint density at radius 3 is 1.07 bits per heavy atom. The summed E-state index contributed by atoms with van der Waals surface area (Å²) in [6.07, 6.45) is 27.4. The fourth-order valence-corrected chi connectivity index (χ4v) is 7.94. The lowest BCUT2D eigenvalue weighted by Gasteiger charge is -2.50. The molecule has 0 bridgehead atoms. The minimum Gasteiger partial charge on any atom is -0.321 e. The van der Waals surface area contributed by atoms with Gasteiger partial charge in [0.15, 0.2) is 0 Å². The average molecular weight is 391 g/mol. The zero-order chi connectivity index (χ0) is 19.1. The van der Waals surface area contributed by atoms with Crippen molar-refractivity contribution < 1.29 is 8.97 Å². The van der Waals surface area contributed by atoms with E-state index < -0.39 is 0 Å². The van der Waals surface area contributed by atoms with E-state index in [1.54, 1.807) is 34.6 Å². The SMILES string of the molecule is C1CCC([N+]2(CCCC[N+]3(C4CCCCC4)CCCCC3)CCCCC2)CC1. The highest BCUT2D eigenvalue weighted by atomic mass is 15.4. The normalized spacial score (nSPS) is 29.6. The molecule has 2 nitrogen and oxygen atoms in total. The van der Waals surface area contributed by atoms with Crippen LogP contribution >= 0.6 is 0 Å². The molecule has 0 aromatic carbocycles. The Bertz CT molecular complexity index is 393. The lowest BCUT2D eigenvalue weighted by Crippen LogP contribution is -2.60. The quantitative estimate of drug-likeness (QED) is 0.347.